The number of hydrogen-bond acceptors (Lipinski definition) is 5. The molecule has 7 nitrogen and oxygen atoms in total. The second-order valence-electron chi connectivity index (χ2n) is 8.01. The number of piperidine rings is 1. The van der Waals surface area contributed by atoms with Gasteiger partial charge in [-0.3, -0.25) is 4.79 Å². The Kier molecular flexibility index (Phi) is 7.13. The van der Waals surface area contributed by atoms with E-state index in [0.29, 0.717) is 30.3 Å². The van der Waals surface area contributed by atoms with Crippen LogP contribution < -0.4 is 14.8 Å². The molecular formula is C25H29N3O4S. The minimum atomic E-state index is -0.243. The van der Waals surface area contributed by atoms with E-state index in [1.165, 1.54) is 0 Å². The van der Waals surface area contributed by atoms with Gasteiger partial charge in [-0.15, -0.1) is 11.8 Å². The van der Waals surface area contributed by atoms with Gasteiger partial charge in [0.15, 0.2) is 0 Å². The first-order chi connectivity index (χ1) is 16.0. The van der Waals surface area contributed by atoms with Crippen LogP contribution in [0, 0.1) is 0 Å². The summed E-state index contributed by atoms with van der Waals surface area (Å²) in [5.41, 5.74) is 1.61. The van der Waals surface area contributed by atoms with Gasteiger partial charge in [0.2, 0.25) is 5.91 Å². The van der Waals surface area contributed by atoms with Crippen LogP contribution in [0.3, 0.4) is 0 Å². The number of likely N-dealkylation sites (tertiary alicyclic amines) is 1. The molecule has 0 radical (unpaired) electrons. The SMILES string of the molecule is COc1ccc(NC(=O)N2CCC3(CC2)SCCN3C(=O)C=Cc2ccccc2)c(OC)c1. The quantitative estimate of drug-likeness (QED) is 0.664. The van der Waals surface area contributed by atoms with E-state index in [9.17, 15) is 9.59 Å². The predicted octanol–water partition coefficient (Wildman–Crippen LogP) is 4.32. The number of hydrogen-bond donors (Lipinski definition) is 1. The van der Waals surface area contributed by atoms with Crippen LogP contribution in [0.1, 0.15) is 18.4 Å². The molecule has 0 aromatic heterocycles. The van der Waals surface area contributed by atoms with Crippen LogP contribution in [0.15, 0.2) is 54.6 Å². The van der Waals surface area contributed by atoms with E-state index < -0.39 is 0 Å². The number of nitrogens with zero attached hydrogens (tertiary/aromatic N) is 2. The molecule has 2 aliphatic heterocycles. The van der Waals surface area contributed by atoms with Crippen LogP contribution in [0.25, 0.3) is 6.08 Å². The number of ether oxygens (including phenoxy) is 2. The lowest BCUT2D eigenvalue weighted by molar-refractivity contribution is -0.129. The van der Waals surface area contributed by atoms with Gasteiger partial charge in [-0.2, -0.15) is 0 Å². The number of methoxy groups -OCH3 is 2. The zero-order valence-electron chi connectivity index (χ0n) is 19.0. The van der Waals surface area contributed by atoms with Gasteiger partial charge >= 0.3 is 6.03 Å². The molecular weight excluding hydrogens is 438 g/mol. The van der Waals surface area contributed by atoms with E-state index in [-0.39, 0.29) is 16.8 Å². The van der Waals surface area contributed by atoms with E-state index in [1.54, 1.807) is 43.4 Å². The van der Waals surface area contributed by atoms with Crippen molar-refractivity contribution >= 4 is 35.5 Å². The molecule has 0 bridgehead atoms. The van der Waals surface area contributed by atoms with E-state index in [0.717, 1.165) is 30.7 Å². The minimum Gasteiger partial charge on any atom is -0.497 e. The van der Waals surface area contributed by atoms with E-state index >= 15 is 0 Å². The van der Waals surface area contributed by atoms with Gasteiger partial charge in [0.25, 0.3) is 0 Å². The molecule has 2 aromatic carbocycles. The Labute approximate surface area is 198 Å². The van der Waals surface area contributed by atoms with Crippen LogP contribution in [-0.2, 0) is 4.79 Å². The molecule has 2 fully saturated rings. The van der Waals surface area contributed by atoms with E-state index in [4.69, 9.17) is 9.47 Å². The third kappa shape index (κ3) is 5.11. The van der Waals surface area contributed by atoms with Crippen molar-refractivity contribution in [3.63, 3.8) is 0 Å². The monoisotopic (exact) mass is 467 g/mol. The molecule has 0 aliphatic carbocycles. The number of benzene rings is 2. The molecule has 33 heavy (non-hydrogen) atoms. The van der Waals surface area contributed by atoms with Crippen molar-refractivity contribution in [2.75, 3.05) is 44.9 Å². The van der Waals surface area contributed by atoms with Crippen molar-refractivity contribution in [3.05, 3.63) is 60.2 Å². The smallest absolute Gasteiger partial charge is 0.321 e. The molecule has 0 saturated carbocycles. The number of carbonyl (C=O) groups excluding carboxylic acids is 2. The summed E-state index contributed by atoms with van der Waals surface area (Å²) in [6.45, 7) is 1.91. The molecule has 8 heteroatoms. The lowest BCUT2D eigenvalue weighted by Crippen LogP contribution is -2.54. The Morgan fingerprint density at radius 2 is 1.79 bits per heavy atom. The lowest BCUT2D eigenvalue weighted by Gasteiger charge is -2.43. The topological polar surface area (TPSA) is 71.1 Å². The highest BCUT2D eigenvalue weighted by Crippen LogP contribution is 2.44. The molecule has 174 valence electrons. The molecule has 0 atom stereocenters. The maximum atomic E-state index is 13.0. The van der Waals surface area contributed by atoms with Crippen molar-refractivity contribution in [1.82, 2.24) is 9.80 Å². The third-order valence-electron chi connectivity index (χ3n) is 6.14. The highest BCUT2D eigenvalue weighted by molar-refractivity contribution is 8.00. The largest absolute Gasteiger partial charge is 0.497 e. The Morgan fingerprint density at radius 3 is 2.48 bits per heavy atom. The van der Waals surface area contributed by atoms with Gasteiger partial charge < -0.3 is 24.6 Å². The standard InChI is InChI=1S/C25H29N3O4S/c1-31-20-9-10-21(22(18-20)32-2)26-24(30)27-14-12-25(13-15-27)28(16-17-33-25)23(29)11-8-19-6-4-3-5-7-19/h3-11,18H,12-17H2,1-2H3,(H,26,30). The highest BCUT2D eigenvalue weighted by atomic mass is 32.2. The number of anilines is 1. The zero-order valence-corrected chi connectivity index (χ0v) is 19.8. The van der Waals surface area contributed by atoms with E-state index in [1.807, 2.05) is 53.1 Å². The molecule has 4 rings (SSSR count). The first-order valence-electron chi connectivity index (χ1n) is 11.0. The van der Waals surface area contributed by atoms with Gasteiger partial charge in [-0.05, 0) is 36.6 Å². The van der Waals surface area contributed by atoms with Crippen LogP contribution >= 0.6 is 11.8 Å². The van der Waals surface area contributed by atoms with Crippen LogP contribution in [0.4, 0.5) is 10.5 Å². The summed E-state index contributed by atoms with van der Waals surface area (Å²) in [6.07, 6.45) is 5.02. The van der Waals surface area contributed by atoms with Crippen molar-refractivity contribution in [2.24, 2.45) is 0 Å². The number of amides is 3. The Hall–Kier alpha value is -3.13. The molecule has 1 spiro atoms. The average molecular weight is 468 g/mol. The van der Waals surface area contributed by atoms with Gasteiger partial charge in [-0.25, -0.2) is 4.79 Å². The fourth-order valence-corrected chi connectivity index (χ4v) is 5.77. The normalized spacial score (nSPS) is 17.4. The molecule has 2 heterocycles. The van der Waals surface area contributed by atoms with Gasteiger partial charge in [0, 0.05) is 37.5 Å². The number of thioether (sulfide) groups is 1. The van der Waals surface area contributed by atoms with Gasteiger partial charge in [0.1, 0.15) is 11.5 Å². The molecule has 0 unspecified atom stereocenters. The molecule has 2 aliphatic rings. The summed E-state index contributed by atoms with van der Waals surface area (Å²) in [4.78, 5) is 29.4. The Bertz CT molecular complexity index is 1020. The summed E-state index contributed by atoms with van der Waals surface area (Å²) >= 11 is 1.83. The maximum absolute atomic E-state index is 13.0. The van der Waals surface area contributed by atoms with Crippen LogP contribution in [0.2, 0.25) is 0 Å². The summed E-state index contributed by atoms with van der Waals surface area (Å²) < 4.78 is 10.6. The number of nitrogens with one attached hydrogen (secondary N) is 1. The fraction of sp³-hybridized carbons (Fsp3) is 0.360. The summed E-state index contributed by atoms with van der Waals surface area (Å²) in [5, 5.41) is 2.94. The minimum absolute atomic E-state index is 0.0322. The van der Waals surface area contributed by atoms with Gasteiger partial charge in [-0.1, -0.05) is 30.3 Å². The average Bonchev–Trinajstić information content (AvgIpc) is 3.26. The summed E-state index contributed by atoms with van der Waals surface area (Å²) in [6, 6.07) is 15.0. The Balaban J connectivity index is 1.37. The predicted molar refractivity (Wildman–Crippen MR) is 132 cm³/mol. The maximum Gasteiger partial charge on any atom is 0.321 e. The van der Waals surface area contributed by atoms with Crippen LogP contribution in [-0.4, -0.2) is 66.2 Å². The highest BCUT2D eigenvalue weighted by Gasteiger charge is 2.46. The van der Waals surface area contributed by atoms with Gasteiger partial charge in [0.05, 0.1) is 24.8 Å². The third-order valence-corrected chi connectivity index (χ3v) is 7.70. The summed E-state index contributed by atoms with van der Waals surface area (Å²) in [5.74, 6) is 2.16. The van der Waals surface area contributed by atoms with Crippen molar-refractivity contribution in [3.8, 4) is 11.5 Å². The molecule has 2 aromatic rings. The molecule has 2 saturated heterocycles. The number of rotatable bonds is 5. The molecule has 1 N–H and O–H groups in total. The van der Waals surface area contributed by atoms with Crippen molar-refractivity contribution in [2.45, 2.75) is 17.7 Å². The Morgan fingerprint density at radius 1 is 1.03 bits per heavy atom. The summed E-state index contributed by atoms with van der Waals surface area (Å²) in [7, 11) is 3.15. The first kappa shape index (κ1) is 23.0. The lowest BCUT2D eigenvalue weighted by atomic mass is 10.0. The number of carbonyl (C=O) groups is 2. The zero-order chi connectivity index (χ0) is 23.3. The second kappa shape index (κ2) is 10.2. The van der Waals surface area contributed by atoms with E-state index in [2.05, 4.69) is 5.32 Å². The first-order valence-corrected chi connectivity index (χ1v) is 12.0. The fourth-order valence-electron chi connectivity index (χ4n) is 4.31. The van der Waals surface area contributed by atoms with Crippen LogP contribution in [0.5, 0.6) is 11.5 Å². The van der Waals surface area contributed by atoms with Crippen molar-refractivity contribution < 1.29 is 19.1 Å². The van der Waals surface area contributed by atoms with Crippen molar-refractivity contribution in [1.29, 1.82) is 0 Å². The molecule has 3 amide bonds. The number of urea groups is 1. The second-order valence-corrected chi connectivity index (χ2v) is 9.47.